The lowest BCUT2D eigenvalue weighted by Gasteiger charge is -2.37. The second-order valence-corrected chi connectivity index (χ2v) is 7.41. The molecule has 1 saturated heterocycles. The summed E-state index contributed by atoms with van der Waals surface area (Å²) in [6.45, 7) is 2.29. The summed E-state index contributed by atoms with van der Waals surface area (Å²) >= 11 is 0. The molecule has 27 heavy (non-hydrogen) atoms. The molecule has 2 aliphatic heterocycles. The van der Waals surface area contributed by atoms with E-state index in [1.165, 1.54) is 11.0 Å². The summed E-state index contributed by atoms with van der Waals surface area (Å²) in [5, 5.41) is 3.36. The van der Waals surface area contributed by atoms with Crippen LogP contribution in [0.2, 0.25) is 0 Å². The molecule has 0 unspecified atom stereocenters. The summed E-state index contributed by atoms with van der Waals surface area (Å²) in [6.07, 6.45) is -3.61. The van der Waals surface area contributed by atoms with Gasteiger partial charge < -0.3 is 14.8 Å². The van der Waals surface area contributed by atoms with Gasteiger partial charge in [-0.15, -0.1) is 0 Å². The van der Waals surface area contributed by atoms with Crippen molar-refractivity contribution >= 4 is 5.95 Å². The largest absolute Gasteiger partial charge is 0.433 e. The molecular formula is C18H20F3N5O. The van der Waals surface area contributed by atoms with Gasteiger partial charge in [-0.1, -0.05) is 0 Å². The van der Waals surface area contributed by atoms with Gasteiger partial charge in [0, 0.05) is 50.4 Å². The minimum atomic E-state index is -4.59. The number of halogens is 3. The molecule has 4 heterocycles. The van der Waals surface area contributed by atoms with E-state index in [1.54, 1.807) is 24.7 Å². The first-order chi connectivity index (χ1) is 12.7. The van der Waals surface area contributed by atoms with Gasteiger partial charge in [0.25, 0.3) is 5.56 Å². The van der Waals surface area contributed by atoms with Gasteiger partial charge in [0.05, 0.1) is 5.69 Å². The first kappa shape index (κ1) is 18.0. The van der Waals surface area contributed by atoms with Gasteiger partial charge in [-0.25, -0.2) is 9.97 Å². The third-order valence-electron chi connectivity index (χ3n) is 5.16. The monoisotopic (exact) mass is 379 g/mol. The number of hydrogen-bond acceptors (Lipinski definition) is 5. The van der Waals surface area contributed by atoms with Crippen molar-refractivity contribution in [3.63, 3.8) is 0 Å². The van der Waals surface area contributed by atoms with Gasteiger partial charge in [-0.05, 0) is 31.0 Å². The SMILES string of the molecule is CN(C)c1nc(-c2cc3n(c(=O)c2)C[C@@H]2CNC[C@H]3C2)cc(C(F)(F)F)n1. The summed E-state index contributed by atoms with van der Waals surface area (Å²) in [6, 6.07) is 4.08. The van der Waals surface area contributed by atoms with E-state index in [9.17, 15) is 18.0 Å². The highest BCUT2D eigenvalue weighted by atomic mass is 19.4. The van der Waals surface area contributed by atoms with Crippen molar-refractivity contribution in [2.45, 2.75) is 25.1 Å². The van der Waals surface area contributed by atoms with Crippen LogP contribution in [-0.2, 0) is 12.7 Å². The normalized spacial score (nSPS) is 21.7. The van der Waals surface area contributed by atoms with Crippen LogP contribution in [0.15, 0.2) is 23.0 Å². The average molecular weight is 379 g/mol. The number of piperidine rings is 1. The Bertz CT molecular complexity index is 938. The Labute approximate surface area is 154 Å². The minimum Gasteiger partial charge on any atom is -0.347 e. The Morgan fingerprint density at radius 1 is 1.19 bits per heavy atom. The molecule has 144 valence electrons. The quantitative estimate of drug-likeness (QED) is 0.866. The summed E-state index contributed by atoms with van der Waals surface area (Å²) in [4.78, 5) is 21.9. The standard InChI is InChI=1S/C18H20F3N5O/c1-25(2)17-23-13(6-15(24-17)18(19,20)21)11-4-14-12-3-10(7-22-8-12)9-26(14)16(27)5-11/h4-6,10,12,22H,3,7-9H2,1-2H3/t10-,12+/m0/s1. The number of rotatable bonds is 2. The van der Waals surface area contributed by atoms with Crippen molar-refractivity contribution in [3.05, 3.63) is 39.9 Å². The Hall–Kier alpha value is -2.42. The van der Waals surface area contributed by atoms with Crippen LogP contribution >= 0.6 is 0 Å². The zero-order valence-corrected chi connectivity index (χ0v) is 15.0. The molecule has 2 bridgehead atoms. The number of anilines is 1. The number of nitrogens with one attached hydrogen (secondary N) is 1. The van der Waals surface area contributed by atoms with Crippen LogP contribution in [0.5, 0.6) is 0 Å². The lowest BCUT2D eigenvalue weighted by atomic mass is 9.83. The molecular weight excluding hydrogens is 359 g/mol. The van der Waals surface area contributed by atoms with Crippen LogP contribution < -0.4 is 15.8 Å². The molecule has 2 aliphatic rings. The first-order valence-corrected chi connectivity index (χ1v) is 8.82. The van der Waals surface area contributed by atoms with E-state index in [0.29, 0.717) is 18.0 Å². The number of alkyl halides is 3. The molecule has 0 aliphatic carbocycles. The van der Waals surface area contributed by atoms with Gasteiger partial charge >= 0.3 is 6.18 Å². The van der Waals surface area contributed by atoms with Crippen molar-refractivity contribution in [3.8, 4) is 11.3 Å². The third-order valence-corrected chi connectivity index (χ3v) is 5.16. The Kier molecular flexibility index (Phi) is 4.21. The lowest BCUT2D eigenvalue weighted by Crippen LogP contribution is -2.44. The number of aromatic nitrogens is 3. The fraction of sp³-hybridized carbons (Fsp3) is 0.500. The van der Waals surface area contributed by atoms with E-state index in [1.807, 2.05) is 0 Å². The van der Waals surface area contributed by atoms with E-state index in [2.05, 4.69) is 15.3 Å². The van der Waals surface area contributed by atoms with Crippen molar-refractivity contribution in [2.24, 2.45) is 5.92 Å². The van der Waals surface area contributed by atoms with Gasteiger partial charge in [0.1, 0.15) is 0 Å². The van der Waals surface area contributed by atoms with E-state index < -0.39 is 11.9 Å². The van der Waals surface area contributed by atoms with Crippen LogP contribution in [0.4, 0.5) is 19.1 Å². The summed E-state index contributed by atoms with van der Waals surface area (Å²) in [5.41, 5.74) is 0.143. The molecule has 6 nitrogen and oxygen atoms in total. The fourth-order valence-corrected chi connectivity index (χ4v) is 3.88. The van der Waals surface area contributed by atoms with Crippen LogP contribution in [0, 0.1) is 5.92 Å². The molecule has 2 aromatic rings. The molecule has 0 saturated carbocycles. The number of nitrogens with zero attached hydrogens (tertiary/aromatic N) is 4. The van der Waals surface area contributed by atoms with Crippen LogP contribution in [0.25, 0.3) is 11.3 Å². The summed E-state index contributed by atoms with van der Waals surface area (Å²) in [7, 11) is 3.16. The third kappa shape index (κ3) is 3.31. The molecule has 2 aromatic heterocycles. The molecule has 0 spiro atoms. The molecule has 0 radical (unpaired) electrons. The maximum absolute atomic E-state index is 13.3. The van der Waals surface area contributed by atoms with Crippen LogP contribution in [-0.4, -0.2) is 41.7 Å². The van der Waals surface area contributed by atoms with Crippen LogP contribution in [0.3, 0.4) is 0 Å². The second-order valence-electron chi connectivity index (χ2n) is 7.41. The highest BCUT2D eigenvalue weighted by Crippen LogP contribution is 2.35. The van der Waals surface area contributed by atoms with E-state index in [0.717, 1.165) is 31.3 Å². The highest BCUT2D eigenvalue weighted by Gasteiger charge is 2.35. The van der Waals surface area contributed by atoms with Crippen molar-refractivity contribution in [1.29, 1.82) is 0 Å². The average Bonchev–Trinajstić information content (AvgIpc) is 2.61. The van der Waals surface area contributed by atoms with E-state index in [-0.39, 0.29) is 23.1 Å². The molecule has 4 rings (SSSR count). The zero-order valence-electron chi connectivity index (χ0n) is 15.0. The maximum atomic E-state index is 13.3. The maximum Gasteiger partial charge on any atom is 0.433 e. The molecule has 0 amide bonds. The Morgan fingerprint density at radius 3 is 2.67 bits per heavy atom. The fourth-order valence-electron chi connectivity index (χ4n) is 3.88. The number of fused-ring (bicyclic) bond motifs is 4. The van der Waals surface area contributed by atoms with Crippen molar-refractivity contribution in [1.82, 2.24) is 19.9 Å². The van der Waals surface area contributed by atoms with E-state index in [4.69, 9.17) is 0 Å². The number of pyridine rings is 1. The zero-order chi connectivity index (χ0) is 19.3. The molecule has 1 fully saturated rings. The highest BCUT2D eigenvalue weighted by molar-refractivity contribution is 5.61. The Balaban J connectivity index is 1.86. The van der Waals surface area contributed by atoms with Gasteiger partial charge in [-0.3, -0.25) is 4.79 Å². The van der Waals surface area contributed by atoms with Gasteiger partial charge in [-0.2, -0.15) is 13.2 Å². The summed E-state index contributed by atoms with van der Waals surface area (Å²) in [5.74, 6) is 0.551. The topological polar surface area (TPSA) is 63.1 Å². The van der Waals surface area contributed by atoms with Crippen LogP contribution in [0.1, 0.15) is 23.7 Å². The Morgan fingerprint density at radius 2 is 1.96 bits per heavy atom. The van der Waals surface area contributed by atoms with Crippen molar-refractivity contribution < 1.29 is 13.2 Å². The minimum absolute atomic E-state index is 0.0444. The lowest BCUT2D eigenvalue weighted by molar-refractivity contribution is -0.141. The summed E-state index contributed by atoms with van der Waals surface area (Å²) < 4.78 is 41.5. The second kappa shape index (κ2) is 6.33. The molecule has 1 N–H and O–H groups in total. The molecule has 0 aromatic carbocycles. The first-order valence-electron chi connectivity index (χ1n) is 8.82. The molecule has 9 heteroatoms. The smallest absolute Gasteiger partial charge is 0.347 e. The van der Waals surface area contributed by atoms with Crippen molar-refractivity contribution in [2.75, 3.05) is 32.1 Å². The van der Waals surface area contributed by atoms with Gasteiger partial charge in [0.2, 0.25) is 5.95 Å². The number of hydrogen-bond donors (Lipinski definition) is 1. The predicted molar refractivity (Wildman–Crippen MR) is 94.8 cm³/mol. The van der Waals surface area contributed by atoms with Gasteiger partial charge in [0.15, 0.2) is 5.69 Å². The molecule has 2 atom stereocenters. The predicted octanol–water partition coefficient (Wildman–Crippen LogP) is 2.10. The van der Waals surface area contributed by atoms with E-state index >= 15 is 0 Å².